The van der Waals surface area contributed by atoms with Crippen LogP contribution >= 0.6 is 0 Å². The van der Waals surface area contributed by atoms with E-state index in [1.54, 1.807) is 0 Å². The summed E-state index contributed by atoms with van der Waals surface area (Å²) in [5, 5.41) is 7.15. The third-order valence-corrected chi connectivity index (χ3v) is 3.61. The fraction of sp³-hybridized carbons (Fsp3) is 1.00. The first-order chi connectivity index (χ1) is 7.02. The van der Waals surface area contributed by atoms with E-state index in [4.69, 9.17) is 0 Å². The highest BCUT2D eigenvalue weighted by molar-refractivity contribution is 4.83. The molecule has 1 fully saturated rings. The van der Waals surface area contributed by atoms with Gasteiger partial charge in [0.25, 0.3) is 0 Å². The molecule has 1 heterocycles. The van der Waals surface area contributed by atoms with Gasteiger partial charge in [0.1, 0.15) is 0 Å². The highest BCUT2D eigenvalue weighted by atomic mass is 15.2. The minimum atomic E-state index is 0.250. The Kier molecular flexibility index (Phi) is 5.03. The van der Waals surface area contributed by atoms with E-state index < -0.39 is 0 Å². The normalized spacial score (nSPS) is 24.2. The van der Waals surface area contributed by atoms with E-state index in [1.807, 2.05) is 0 Å². The van der Waals surface area contributed by atoms with Crippen LogP contribution in [-0.4, -0.2) is 50.2 Å². The third-order valence-electron chi connectivity index (χ3n) is 3.61. The Balaban J connectivity index is 2.28. The van der Waals surface area contributed by atoms with Gasteiger partial charge in [0.2, 0.25) is 0 Å². The molecule has 0 amide bonds. The molecule has 1 rings (SSSR count). The van der Waals surface area contributed by atoms with Crippen molar-refractivity contribution in [2.45, 2.75) is 44.7 Å². The second kappa shape index (κ2) is 5.83. The van der Waals surface area contributed by atoms with Gasteiger partial charge in [0.15, 0.2) is 0 Å². The van der Waals surface area contributed by atoms with E-state index in [-0.39, 0.29) is 5.54 Å². The maximum atomic E-state index is 3.70. The van der Waals surface area contributed by atoms with Gasteiger partial charge in [-0.1, -0.05) is 0 Å². The second-order valence-corrected chi connectivity index (χ2v) is 5.47. The van der Waals surface area contributed by atoms with E-state index in [0.717, 1.165) is 6.54 Å². The molecule has 0 saturated carbocycles. The van der Waals surface area contributed by atoms with Crippen LogP contribution in [0.4, 0.5) is 0 Å². The first-order valence-corrected chi connectivity index (χ1v) is 6.14. The molecule has 3 nitrogen and oxygen atoms in total. The van der Waals surface area contributed by atoms with Crippen LogP contribution < -0.4 is 10.6 Å². The molecule has 1 atom stereocenters. The summed E-state index contributed by atoms with van der Waals surface area (Å²) in [6.45, 7) is 8.00. The van der Waals surface area contributed by atoms with Gasteiger partial charge in [-0.15, -0.1) is 0 Å². The summed E-state index contributed by atoms with van der Waals surface area (Å²) < 4.78 is 0. The molecule has 90 valence electrons. The lowest BCUT2D eigenvalue weighted by atomic mass is 10.0. The average molecular weight is 213 g/mol. The summed E-state index contributed by atoms with van der Waals surface area (Å²) in [7, 11) is 4.30. The molecular weight excluding hydrogens is 186 g/mol. The van der Waals surface area contributed by atoms with Crippen LogP contribution in [0, 0.1) is 0 Å². The zero-order valence-corrected chi connectivity index (χ0v) is 10.8. The molecule has 0 spiro atoms. The molecule has 0 radical (unpaired) electrons. The van der Waals surface area contributed by atoms with Gasteiger partial charge in [0, 0.05) is 18.1 Å². The molecule has 0 aromatic carbocycles. The Morgan fingerprint density at radius 3 is 2.67 bits per heavy atom. The van der Waals surface area contributed by atoms with Gasteiger partial charge in [0.05, 0.1) is 0 Å². The monoisotopic (exact) mass is 213 g/mol. The molecule has 2 N–H and O–H groups in total. The highest BCUT2D eigenvalue weighted by Gasteiger charge is 2.21. The molecule has 0 aromatic rings. The summed E-state index contributed by atoms with van der Waals surface area (Å²) in [6.07, 6.45) is 3.89. The lowest BCUT2D eigenvalue weighted by Gasteiger charge is -2.34. The molecule has 0 aromatic heterocycles. The maximum Gasteiger partial charge on any atom is 0.0271 e. The molecular formula is C12H27N3. The smallest absolute Gasteiger partial charge is 0.0271 e. The number of hydrogen-bond acceptors (Lipinski definition) is 3. The lowest BCUT2D eigenvalue weighted by Crippen LogP contribution is -2.49. The SMILES string of the molecule is CN(C)C(C)(C)CNC1CCCNCC1. The summed E-state index contributed by atoms with van der Waals surface area (Å²) in [4.78, 5) is 2.29. The van der Waals surface area contributed by atoms with Crippen molar-refractivity contribution >= 4 is 0 Å². The largest absolute Gasteiger partial charge is 0.317 e. The van der Waals surface area contributed by atoms with Gasteiger partial charge in [-0.05, 0) is 60.3 Å². The van der Waals surface area contributed by atoms with Gasteiger partial charge in [-0.2, -0.15) is 0 Å². The summed E-state index contributed by atoms with van der Waals surface area (Å²) in [6, 6.07) is 0.708. The van der Waals surface area contributed by atoms with Crippen LogP contribution in [-0.2, 0) is 0 Å². The zero-order chi connectivity index (χ0) is 11.3. The van der Waals surface area contributed by atoms with E-state index in [0.29, 0.717) is 6.04 Å². The lowest BCUT2D eigenvalue weighted by molar-refractivity contribution is 0.182. The highest BCUT2D eigenvalue weighted by Crippen LogP contribution is 2.11. The zero-order valence-electron chi connectivity index (χ0n) is 10.8. The van der Waals surface area contributed by atoms with E-state index in [2.05, 4.69) is 43.5 Å². The Labute approximate surface area is 94.6 Å². The van der Waals surface area contributed by atoms with Crippen molar-refractivity contribution in [3.05, 3.63) is 0 Å². The minimum absolute atomic E-state index is 0.250. The van der Waals surface area contributed by atoms with Crippen LogP contribution in [0.25, 0.3) is 0 Å². The van der Waals surface area contributed by atoms with Crippen LogP contribution in [0.2, 0.25) is 0 Å². The summed E-state index contributed by atoms with van der Waals surface area (Å²) in [5.41, 5.74) is 0.250. The molecule has 15 heavy (non-hydrogen) atoms. The summed E-state index contributed by atoms with van der Waals surface area (Å²) in [5.74, 6) is 0. The quantitative estimate of drug-likeness (QED) is 0.731. The van der Waals surface area contributed by atoms with Crippen LogP contribution in [0.5, 0.6) is 0 Å². The van der Waals surface area contributed by atoms with Crippen LogP contribution in [0.3, 0.4) is 0 Å². The third kappa shape index (κ3) is 4.49. The Morgan fingerprint density at radius 1 is 1.27 bits per heavy atom. The Morgan fingerprint density at radius 2 is 2.00 bits per heavy atom. The number of rotatable bonds is 4. The number of hydrogen-bond donors (Lipinski definition) is 2. The minimum Gasteiger partial charge on any atom is -0.317 e. The fourth-order valence-electron chi connectivity index (χ4n) is 1.78. The average Bonchev–Trinajstić information content (AvgIpc) is 2.42. The van der Waals surface area contributed by atoms with Gasteiger partial charge in [-0.3, -0.25) is 0 Å². The fourth-order valence-corrected chi connectivity index (χ4v) is 1.78. The first-order valence-electron chi connectivity index (χ1n) is 6.14. The van der Waals surface area contributed by atoms with Crippen LogP contribution in [0.15, 0.2) is 0 Å². The van der Waals surface area contributed by atoms with Crippen molar-refractivity contribution in [3.8, 4) is 0 Å². The van der Waals surface area contributed by atoms with E-state index in [1.165, 1.54) is 32.4 Å². The number of nitrogens with one attached hydrogen (secondary N) is 2. The predicted molar refractivity (Wildman–Crippen MR) is 66.3 cm³/mol. The van der Waals surface area contributed by atoms with Crippen molar-refractivity contribution in [3.63, 3.8) is 0 Å². The number of nitrogens with zero attached hydrogens (tertiary/aromatic N) is 1. The van der Waals surface area contributed by atoms with Gasteiger partial charge < -0.3 is 15.5 Å². The molecule has 1 unspecified atom stereocenters. The number of likely N-dealkylation sites (N-methyl/N-ethyl adjacent to an activating group) is 1. The van der Waals surface area contributed by atoms with Crippen molar-refractivity contribution in [1.82, 2.24) is 15.5 Å². The molecule has 1 saturated heterocycles. The molecule has 3 heteroatoms. The van der Waals surface area contributed by atoms with Gasteiger partial charge in [-0.25, -0.2) is 0 Å². The predicted octanol–water partition coefficient (Wildman–Crippen LogP) is 1.06. The standard InChI is InChI=1S/C12H27N3/c1-12(2,15(3)4)10-14-11-6-5-8-13-9-7-11/h11,13-14H,5-10H2,1-4H3. The van der Waals surface area contributed by atoms with E-state index >= 15 is 0 Å². The van der Waals surface area contributed by atoms with Gasteiger partial charge >= 0.3 is 0 Å². The van der Waals surface area contributed by atoms with E-state index in [9.17, 15) is 0 Å². The van der Waals surface area contributed by atoms with Crippen molar-refractivity contribution in [1.29, 1.82) is 0 Å². The molecule has 1 aliphatic heterocycles. The van der Waals surface area contributed by atoms with Crippen molar-refractivity contribution < 1.29 is 0 Å². The topological polar surface area (TPSA) is 27.3 Å². The Hall–Kier alpha value is -0.120. The molecule has 0 bridgehead atoms. The van der Waals surface area contributed by atoms with Crippen molar-refractivity contribution in [2.75, 3.05) is 33.7 Å². The summed E-state index contributed by atoms with van der Waals surface area (Å²) >= 11 is 0. The molecule has 0 aliphatic carbocycles. The van der Waals surface area contributed by atoms with Crippen LogP contribution in [0.1, 0.15) is 33.1 Å². The molecule has 1 aliphatic rings. The van der Waals surface area contributed by atoms with Crippen molar-refractivity contribution in [2.24, 2.45) is 0 Å². The second-order valence-electron chi connectivity index (χ2n) is 5.47. The maximum absolute atomic E-state index is 3.70. The Bertz CT molecular complexity index is 170. The first kappa shape index (κ1) is 12.9.